The Hall–Kier alpha value is 0.679. The van der Waals surface area contributed by atoms with Gasteiger partial charge >= 0.3 is 119 Å². The van der Waals surface area contributed by atoms with Gasteiger partial charge in [-0.25, -0.2) is 0 Å². The second-order valence-corrected chi connectivity index (χ2v) is 15.5. The molecular weight excluding hydrogens is 333 g/mol. The van der Waals surface area contributed by atoms with Crippen molar-refractivity contribution >= 4 is 19.2 Å². The summed E-state index contributed by atoms with van der Waals surface area (Å²) in [5, 5.41) is 0. The van der Waals surface area contributed by atoms with Crippen molar-refractivity contribution < 1.29 is 6.15 Å². The van der Waals surface area contributed by atoms with Crippen molar-refractivity contribution in [3.8, 4) is 0 Å². The van der Waals surface area contributed by atoms with E-state index in [1.165, 1.54) is 17.3 Å². The third kappa shape index (κ3) is 8.72. The van der Waals surface area contributed by atoms with Crippen molar-refractivity contribution in [2.75, 3.05) is 13.2 Å². The average molecular weight is 366 g/mol. The van der Waals surface area contributed by atoms with E-state index in [9.17, 15) is 0 Å². The Bertz CT molecular complexity index is 181. The maximum atomic E-state index is 6.19. The molecule has 0 amide bonds. The van der Waals surface area contributed by atoms with Crippen molar-refractivity contribution in [1.29, 1.82) is 0 Å². The molecule has 110 valence electrons. The molecule has 0 fully saturated rings. The average Bonchev–Trinajstić information content (AvgIpc) is 2.37. The maximum absolute atomic E-state index is 6.19. The van der Waals surface area contributed by atoms with Crippen LogP contribution in [0.5, 0.6) is 0 Å². The van der Waals surface area contributed by atoms with Crippen molar-refractivity contribution in [3.63, 3.8) is 0 Å². The van der Waals surface area contributed by atoms with Crippen molar-refractivity contribution in [3.05, 3.63) is 0 Å². The normalized spacial score (nSPS) is 13.8. The molecule has 0 saturated carbocycles. The molecule has 18 heavy (non-hydrogen) atoms. The summed E-state index contributed by atoms with van der Waals surface area (Å²) in [5.41, 5.74) is 5.79. The fourth-order valence-electron chi connectivity index (χ4n) is 2.00. The standard InChI is InChI=1S/C6H14N.2C3H7O.C2H5.Sn/c1-3-4-5-6(2)7;2*1-2-3-4;1-2;/h6H,1,3-5,7H2,2H3;2*2-3H2,1H3;1H2,2H3;/q;2*-1;;+2. The molecule has 0 radical (unpaired) electrons. The van der Waals surface area contributed by atoms with Crippen LogP contribution in [0.3, 0.4) is 0 Å². The van der Waals surface area contributed by atoms with Crippen LogP contribution in [-0.4, -0.2) is 38.5 Å². The van der Waals surface area contributed by atoms with Crippen LogP contribution in [-0.2, 0) is 6.15 Å². The van der Waals surface area contributed by atoms with Crippen LogP contribution in [0.15, 0.2) is 0 Å². The molecule has 1 unspecified atom stereocenters. The van der Waals surface area contributed by atoms with E-state index in [-0.39, 0.29) is 0 Å². The van der Waals surface area contributed by atoms with Gasteiger partial charge in [0.05, 0.1) is 0 Å². The van der Waals surface area contributed by atoms with Crippen molar-refractivity contribution in [2.24, 2.45) is 5.73 Å². The van der Waals surface area contributed by atoms with Crippen LogP contribution in [0.4, 0.5) is 0 Å². The van der Waals surface area contributed by atoms with Crippen LogP contribution in [0.1, 0.15) is 59.8 Å². The number of hydrogen-bond acceptors (Lipinski definition) is 3. The first-order valence-corrected chi connectivity index (χ1v) is 14.0. The Morgan fingerprint density at radius 2 is 1.56 bits per heavy atom. The molecule has 0 aliphatic heterocycles. The van der Waals surface area contributed by atoms with Gasteiger partial charge in [0.15, 0.2) is 0 Å². The number of unbranched alkanes of at least 4 members (excludes halogenated alkanes) is 1. The van der Waals surface area contributed by atoms with E-state index >= 15 is 0 Å². The molecule has 0 heterocycles. The van der Waals surface area contributed by atoms with Gasteiger partial charge in [0.25, 0.3) is 0 Å². The molecule has 0 aromatic carbocycles. The first-order chi connectivity index (χ1) is 8.60. The molecule has 0 saturated heterocycles. The van der Waals surface area contributed by atoms with Crippen molar-refractivity contribution in [2.45, 2.75) is 74.7 Å². The van der Waals surface area contributed by atoms with E-state index in [4.69, 9.17) is 11.9 Å². The van der Waals surface area contributed by atoms with Gasteiger partial charge in [-0.3, -0.25) is 0 Å². The monoisotopic (exact) mass is 367 g/mol. The minimum atomic E-state index is -2.73. The summed E-state index contributed by atoms with van der Waals surface area (Å²) in [5.74, 6) is 0. The molecule has 0 spiro atoms. The summed E-state index contributed by atoms with van der Waals surface area (Å²) in [7, 11) is 0. The molecule has 0 bridgehead atoms. The zero-order valence-electron chi connectivity index (χ0n) is 12.8. The summed E-state index contributed by atoms with van der Waals surface area (Å²) in [6.45, 7) is 10.4. The Morgan fingerprint density at radius 3 is 1.94 bits per heavy atom. The van der Waals surface area contributed by atoms with E-state index in [1.807, 2.05) is 0 Å². The summed E-state index contributed by atoms with van der Waals surface area (Å²) in [6.07, 6.45) is 5.73. The molecule has 4 heteroatoms. The zero-order valence-corrected chi connectivity index (χ0v) is 15.7. The van der Waals surface area contributed by atoms with Crippen LogP contribution in [0.25, 0.3) is 0 Å². The second-order valence-electron chi connectivity index (χ2n) is 5.18. The van der Waals surface area contributed by atoms with Crippen LogP contribution < -0.4 is 5.73 Å². The third-order valence-electron chi connectivity index (χ3n) is 3.14. The predicted molar refractivity (Wildman–Crippen MR) is 81.0 cm³/mol. The fraction of sp³-hybridized carbons (Fsp3) is 1.00. The number of nitrogens with two attached hydrogens (primary N) is 1. The predicted octanol–water partition coefficient (Wildman–Crippen LogP) is 3.82. The van der Waals surface area contributed by atoms with E-state index in [1.54, 1.807) is 0 Å². The molecular formula is C14H33NO2Sn. The van der Waals surface area contributed by atoms with Gasteiger partial charge in [-0.15, -0.1) is 0 Å². The van der Waals surface area contributed by atoms with Gasteiger partial charge in [0.1, 0.15) is 0 Å². The third-order valence-corrected chi connectivity index (χ3v) is 13.6. The number of hydrogen-bond donors (Lipinski definition) is 1. The second kappa shape index (κ2) is 11.5. The molecule has 0 aliphatic rings. The molecule has 2 N–H and O–H groups in total. The molecule has 1 atom stereocenters. The summed E-state index contributed by atoms with van der Waals surface area (Å²) < 4.78 is 14.7. The summed E-state index contributed by atoms with van der Waals surface area (Å²) in [6, 6.07) is 0.323. The molecule has 0 rings (SSSR count). The molecule has 3 nitrogen and oxygen atoms in total. The zero-order chi connectivity index (χ0) is 13.9. The van der Waals surface area contributed by atoms with Crippen LogP contribution in [0, 0.1) is 0 Å². The Labute approximate surface area is 119 Å². The van der Waals surface area contributed by atoms with Crippen molar-refractivity contribution in [1.82, 2.24) is 0 Å². The minimum absolute atomic E-state index is 0.323. The topological polar surface area (TPSA) is 44.5 Å². The SMILES string of the molecule is CCC[O][Sn]([CH2]C)([CH2]CCCC(C)N)[O]CCC. The number of rotatable bonds is 12. The summed E-state index contributed by atoms with van der Waals surface area (Å²) >= 11 is -2.73. The van der Waals surface area contributed by atoms with E-state index in [0.717, 1.165) is 36.9 Å². The fourth-order valence-corrected chi connectivity index (χ4v) is 10.8. The van der Waals surface area contributed by atoms with Crippen LogP contribution >= 0.6 is 0 Å². The Balaban J connectivity index is 4.15. The first kappa shape index (κ1) is 18.7. The quantitative estimate of drug-likeness (QED) is 0.422. The Kier molecular flexibility index (Phi) is 11.9. The van der Waals surface area contributed by atoms with Gasteiger partial charge < -0.3 is 0 Å². The Morgan fingerprint density at radius 1 is 1.00 bits per heavy atom. The van der Waals surface area contributed by atoms with Gasteiger partial charge in [-0.2, -0.15) is 0 Å². The first-order valence-electron chi connectivity index (χ1n) is 7.63. The van der Waals surface area contributed by atoms with E-state index in [2.05, 4.69) is 27.7 Å². The van der Waals surface area contributed by atoms with Gasteiger partial charge in [0, 0.05) is 0 Å². The summed E-state index contributed by atoms with van der Waals surface area (Å²) in [4.78, 5) is 0. The van der Waals surface area contributed by atoms with Gasteiger partial charge in [0.2, 0.25) is 0 Å². The molecule has 0 aromatic rings. The molecule has 0 aliphatic carbocycles. The van der Waals surface area contributed by atoms with Gasteiger partial charge in [-0.1, -0.05) is 0 Å². The molecule has 0 aromatic heterocycles. The van der Waals surface area contributed by atoms with Crippen LogP contribution in [0.2, 0.25) is 8.87 Å². The van der Waals surface area contributed by atoms with E-state index in [0.29, 0.717) is 6.04 Å². The van der Waals surface area contributed by atoms with Gasteiger partial charge in [-0.05, 0) is 0 Å². The van der Waals surface area contributed by atoms with E-state index < -0.39 is 19.2 Å².